The third-order valence-electron chi connectivity index (χ3n) is 5.18. The van der Waals surface area contributed by atoms with Gasteiger partial charge in [0.25, 0.3) is 0 Å². The summed E-state index contributed by atoms with van der Waals surface area (Å²) in [6.07, 6.45) is 1.96. The average Bonchev–Trinajstić information content (AvgIpc) is 3.23. The highest BCUT2D eigenvalue weighted by molar-refractivity contribution is 8.01. The zero-order valence-corrected chi connectivity index (χ0v) is 18.0. The van der Waals surface area contributed by atoms with Crippen LogP contribution in [0.2, 0.25) is 0 Å². The molecule has 0 unspecified atom stereocenters. The minimum Gasteiger partial charge on any atom is -0.497 e. The summed E-state index contributed by atoms with van der Waals surface area (Å²) in [5, 5.41) is 2.62. The first-order chi connectivity index (χ1) is 14.0. The number of ether oxygens (including phenoxy) is 1. The summed E-state index contributed by atoms with van der Waals surface area (Å²) in [4.78, 5) is 27.2. The van der Waals surface area contributed by atoms with Crippen LogP contribution in [0.25, 0.3) is 0 Å². The molecule has 1 N–H and O–H groups in total. The molecule has 1 aliphatic rings. The third kappa shape index (κ3) is 5.54. The highest BCUT2D eigenvalue weighted by atomic mass is 32.2. The van der Waals surface area contributed by atoms with E-state index >= 15 is 0 Å². The molecular formula is C23H28N2O3S. The normalized spacial score (nSPS) is 17.1. The van der Waals surface area contributed by atoms with Crippen molar-refractivity contribution < 1.29 is 14.3 Å². The highest BCUT2D eigenvalue weighted by Crippen LogP contribution is 2.34. The van der Waals surface area contributed by atoms with E-state index < -0.39 is 0 Å². The number of aryl methyl sites for hydroxylation is 1. The maximum Gasteiger partial charge on any atom is 0.235 e. The smallest absolute Gasteiger partial charge is 0.235 e. The number of anilines is 1. The fraction of sp³-hybridized carbons (Fsp3) is 0.391. The van der Waals surface area contributed by atoms with Gasteiger partial charge in [0.05, 0.1) is 24.2 Å². The van der Waals surface area contributed by atoms with Gasteiger partial charge >= 0.3 is 0 Å². The first kappa shape index (κ1) is 21.2. The van der Waals surface area contributed by atoms with Crippen LogP contribution >= 0.6 is 11.8 Å². The van der Waals surface area contributed by atoms with E-state index in [-0.39, 0.29) is 28.9 Å². The van der Waals surface area contributed by atoms with Crippen LogP contribution in [0.4, 0.5) is 5.69 Å². The molecule has 0 aromatic heterocycles. The molecule has 1 saturated heterocycles. The van der Waals surface area contributed by atoms with Gasteiger partial charge in [0.2, 0.25) is 11.8 Å². The maximum absolute atomic E-state index is 13.0. The van der Waals surface area contributed by atoms with Gasteiger partial charge in [0, 0.05) is 12.2 Å². The Kier molecular flexibility index (Phi) is 7.20. The van der Waals surface area contributed by atoms with Crippen molar-refractivity contribution in [1.29, 1.82) is 0 Å². The molecule has 6 heteroatoms. The Morgan fingerprint density at radius 1 is 1.17 bits per heavy atom. The lowest BCUT2D eigenvalue weighted by molar-refractivity contribution is -0.131. The van der Waals surface area contributed by atoms with E-state index in [1.165, 1.54) is 11.8 Å². The largest absolute Gasteiger partial charge is 0.497 e. The molecule has 2 amide bonds. The Balaban J connectivity index is 1.54. The number of carbonyl (C=O) groups is 2. The number of thioether (sulfide) groups is 1. The van der Waals surface area contributed by atoms with Crippen molar-refractivity contribution >= 4 is 29.3 Å². The molecule has 154 valence electrons. The number of rotatable bonds is 7. The summed E-state index contributed by atoms with van der Waals surface area (Å²) in [7, 11) is 1.65. The molecule has 0 spiro atoms. The Morgan fingerprint density at radius 2 is 1.86 bits per heavy atom. The number of carbonyl (C=O) groups excluding carboxylic acids is 2. The molecule has 2 aromatic carbocycles. The topological polar surface area (TPSA) is 58.6 Å². The summed E-state index contributed by atoms with van der Waals surface area (Å²) >= 11 is 1.38. The van der Waals surface area contributed by atoms with Crippen LogP contribution in [0.1, 0.15) is 36.9 Å². The number of benzene rings is 2. The predicted octanol–water partition coefficient (Wildman–Crippen LogP) is 4.43. The van der Waals surface area contributed by atoms with E-state index in [2.05, 4.69) is 5.32 Å². The predicted molar refractivity (Wildman–Crippen MR) is 118 cm³/mol. The maximum atomic E-state index is 13.0. The summed E-state index contributed by atoms with van der Waals surface area (Å²) in [5.74, 6) is 1.07. The van der Waals surface area contributed by atoms with Gasteiger partial charge in [-0.25, -0.2) is 0 Å². The van der Waals surface area contributed by atoms with Gasteiger partial charge in [0.1, 0.15) is 5.75 Å². The zero-order chi connectivity index (χ0) is 20.8. The van der Waals surface area contributed by atoms with Gasteiger partial charge in [-0.05, 0) is 56.5 Å². The number of hydrogen-bond donors (Lipinski definition) is 1. The van der Waals surface area contributed by atoms with Gasteiger partial charge in [-0.15, -0.1) is 11.8 Å². The van der Waals surface area contributed by atoms with Crippen molar-refractivity contribution in [1.82, 2.24) is 4.90 Å². The van der Waals surface area contributed by atoms with Gasteiger partial charge in [-0.1, -0.05) is 29.8 Å². The first-order valence-electron chi connectivity index (χ1n) is 9.90. The molecule has 29 heavy (non-hydrogen) atoms. The molecule has 2 aromatic rings. The fourth-order valence-electron chi connectivity index (χ4n) is 3.54. The second-order valence-corrected chi connectivity index (χ2v) is 8.66. The summed E-state index contributed by atoms with van der Waals surface area (Å²) < 4.78 is 5.23. The van der Waals surface area contributed by atoms with E-state index in [1.807, 2.05) is 67.3 Å². The molecule has 0 bridgehead atoms. The lowest BCUT2D eigenvalue weighted by atomic mass is 10.0. The van der Waals surface area contributed by atoms with Crippen LogP contribution in [0.5, 0.6) is 5.75 Å². The second-order valence-electron chi connectivity index (χ2n) is 7.33. The number of hydrogen-bond acceptors (Lipinski definition) is 4. The molecule has 0 aliphatic carbocycles. The minimum atomic E-state index is -0.266. The van der Waals surface area contributed by atoms with Gasteiger partial charge in [-0.2, -0.15) is 0 Å². The lowest BCUT2D eigenvalue weighted by Gasteiger charge is -2.27. The van der Waals surface area contributed by atoms with Crippen LogP contribution in [0, 0.1) is 6.92 Å². The molecule has 2 atom stereocenters. The molecular weight excluding hydrogens is 384 g/mol. The van der Waals surface area contributed by atoms with Crippen molar-refractivity contribution in [3.8, 4) is 5.75 Å². The Morgan fingerprint density at radius 3 is 2.52 bits per heavy atom. The fourth-order valence-corrected chi connectivity index (χ4v) is 4.29. The van der Waals surface area contributed by atoms with Gasteiger partial charge < -0.3 is 15.0 Å². The summed E-state index contributed by atoms with van der Waals surface area (Å²) in [6.45, 7) is 4.65. The minimum absolute atomic E-state index is 0.0911. The van der Waals surface area contributed by atoms with Crippen LogP contribution in [0.3, 0.4) is 0 Å². The van der Waals surface area contributed by atoms with Crippen LogP contribution < -0.4 is 10.1 Å². The van der Waals surface area contributed by atoms with Gasteiger partial charge in [0.15, 0.2) is 0 Å². The SMILES string of the molecule is COc1ccc([C@H]2CCCN2C(=O)[C@@H](C)SCC(=O)Nc2ccc(C)cc2)cc1. The molecule has 1 heterocycles. The van der Waals surface area contributed by atoms with Crippen LogP contribution in [0.15, 0.2) is 48.5 Å². The molecule has 1 aliphatic heterocycles. The Labute approximate surface area is 176 Å². The van der Waals surface area contributed by atoms with Crippen molar-refractivity contribution in [2.75, 3.05) is 24.7 Å². The van der Waals surface area contributed by atoms with Crippen molar-refractivity contribution in [3.63, 3.8) is 0 Å². The summed E-state index contributed by atoms with van der Waals surface area (Å²) in [6, 6.07) is 15.7. The van der Waals surface area contributed by atoms with E-state index in [0.29, 0.717) is 0 Å². The molecule has 1 fully saturated rings. The zero-order valence-electron chi connectivity index (χ0n) is 17.2. The lowest BCUT2D eigenvalue weighted by Crippen LogP contribution is -2.36. The van der Waals surface area contributed by atoms with E-state index in [9.17, 15) is 9.59 Å². The van der Waals surface area contributed by atoms with E-state index in [4.69, 9.17) is 4.74 Å². The average molecular weight is 413 g/mol. The van der Waals surface area contributed by atoms with Crippen LogP contribution in [-0.2, 0) is 9.59 Å². The number of likely N-dealkylation sites (tertiary alicyclic amines) is 1. The standard InChI is InChI=1S/C23H28N2O3S/c1-16-6-10-19(11-7-16)24-22(26)15-29-17(2)23(27)25-14-4-5-21(25)18-8-12-20(28-3)13-9-18/h6-13,17,21H,4-5,14-15H2,1-3H3,(H,24,26)/t17-,21-/m1/s1. The number of nitrogens with zero attached hydrogens (tertiary/aromatic N) is 1. The van der Waals surface area contributed by atoms with Gasteiger partial charge in [-0.3, -0.25) is 9.59 Å². The number of nitrogens with one attached hydrogen (secondary N) is 1. The van der Waals surface area contributed by atoms with Crippen LogP contribution in [-0.4, -0.2) is 41.4 Å². The number of amides is 2. The van der Waals surface area contributed by atoms with E-state index in [1.54, 1.807) is 7.11 Å². The molecule has 5 nitrogen and oxygen atoms in total. The molecule has 0 saturated carbocycles. The second kappa shape index (κ2) is 9.83. The van der Waals surface area contributed by atoms with Crippen molar-refractivity contribution in [3.05, 3.63) is 59.7 Å². The van der Waals surface area contributed by atoms with Crippen molar-refractivity contribution in [2.45, 2.75) is 38.0 Å². The van der Waals surface area contributed by atoms with Crippen molar-refractivity contribution in [2.24, 2.45) is 0 Å². The summed E-state index contributed by atoms with van der Waals surface area (Å²) in [5.41, 5.74) is 3.05. The third-order valence-corrected chi connectivity index (χ3v) is 6.31. The monoisotopic (exact) mass is 412 g/mol. The number of methoxy groups -OCH3 is 1. The Hall–Kier alpha value is -2.47. The molecule has 0 radical (unpaired) electrons. The molecule has 3 rings (SSSR count). The van der Waals surface area contributed by atoms with E-state index in [0.717, 1.165) is 42.0 Å². The first-order valence-corrected chi connectivity index (χ1v) is 11.0. The Bertz CT molecular complexity index is 836. The highest BCUT2D eigenvalue weighted by Gasteiger charge is 2.32. The quantitative estimate of drug-likeness (QED) is 0.731.